The SMILES string of the molecule is N[C@@H]1[C@@H]2CC[C@@H](C2)[C@@H]1C1CCC1. The smallest absolute Gasteiger partial charge is 0.0101 e. The molecule has 0 amide bonds. The second-order valence-corrected chi connectivity index (χ2v) is 5.18. The third-order valence-corrected chi connectivity index (χ3v) is 4.74. The van der Waals surface area contributed by atoms with Crippen molar-refractivity contribution < 1.29 is 0 Å². The second-order valence-electron chi connectivity index (χ2n) is 5.18. The van der Waals surface area contributed by atoms with E-state index in [1.165, 1.54) is 38.5 Å². The van der Waals surface area contributed by atoms with Crippen LogP contribution >= 0.6 is 0 Å². The van der Waals surface area contributed by atoms with Crippen molar-refractivity contribution in [3.05, 3.63) is 0 Å². The van der Waals surface area contributed by atoms with Crippen molar-refractivity contribution in [3.63, 3.8) is 0 Å². The summed E-state index contributed by atoms with van der Waals surface area (Å²) in [5.74, 6) is 3.93. The topological polar surface area (TPSA) is 26.0 Å². The molecule has 0 unspecified atom stereocenters. The zero-order chi connectivity index (χ0) is 8.13. The van der Waals surface area contributed by atoms with Gasteiger partial charge in [-0.15, -0.1) is 0 Å². The van der Waals surface area contributed by atoms with Gasteiger partial charge in [-0.05, 0) is 42.9 Å². The lowest BCUT2D eigenvalue weighted by molar-refractivity contribution is 0.128. The highest BCUT2D eigenvalue weighted by Crippen LogP contribution is 2.54. The van der Waals surface area contributed by atoms with Crippen molar-refractivity contribution in [1.29, 1.82) is 0 Å². The third-order valence-electron chi connectivity index (χ3n) is 4.74. The van der Waals surface area contributed by atoms with Gasteiger partial charge in [0.25, 0.3) is 0 Å². The maximum absolute atomic E-state index is 6.27. The van der Waals surface area contributed by atoms with Crippen LogP contribution in [0, 0.1) is 23.7 Å². The molecule has 3 fully saturated rings. The van der Waals surface area contributed by atoms with Gasteiger partial charge in [-0.2, -0.15) is 0 Å². The molecule has 1 nitrogen and oxygen atoms in total. The van der Waals surface area contributed by atoms with Gasteiger partial charge in [0.2, 0.25) is 0 Å². The summed E-state index contributed by atoms with van der Waals surface area (Å²) in [4.78, 5) is 0. The van der Waals surface area contributed by atoms with Gasteiger partial charge in [0, 0.05) is 6.04 Å². The minimum atomic E-state index is 0.592. The molecular formula is C11H19N. The van der Waals surface area contributed by atoms with Crippen LogP contribution < -0.4 is 5.73 Å². The summed E-state index contributed by atoms with van der Waals surface area (Å²) in [6, 6.07) is 0.592. The summed E-state index contributed by atoms with van der Waals surface area (Å²) in [5.41, 5.74) is 6.27. The zero-order valence-electron chi connectivity index (χ0n) is 7.71. The van der Waals surface area contributed by atoms with Crippen molar-refractivity contribution in [2.45, 2.75) is 44.6 Å². The molecule has 3 aliphatic rings. The quantitative estimate of drug-likeness (QED) is 0.633. The molecule has 2 N–H and O–H groups in total. The van der Waals surface area contributed by atoms with Gasteiger partial charge in [0.15, 0.2) is 0 Å². The van der Waals surface area contributed by atoms with Crippen molar-refractivity contribution >= 4 is 0 Å². The molecule has 0 aromatic heterocycles. The highest BCUT2D eigenvalue weighted by Gasteiger charge is 2.49. The Labute approximate surface area is 74.7 Å². The van der Waals surface area contributed by atoms with Gasteiger partial charge in [-0.25, -0.2) is 0 Å². The van der Waals surface area contributed by atoms with E-state index in [1.807, 2.05) is 0 Å². The molecule has 0 aliphatic heterocycles. The standard InChI is InChI=1S/C11H19N/c12-11-9-5-4-8(6-9)10(11)7-2-1-3-7/h7-11H,1-6,12H2/t8-,9+,10-,11+/m0/s1. The van der Waals surface area contributed by atoms with Gasteiger partial charge in [0.1, 0.15) is 0 Å². The number of rotatable bonds is 1. The molecule has 3 rings (SSSR count). The Kier molecular flexibility index (Phi) is 1.52. The van der Waals surface area contributed by atoms with E-state index in [4.69, 9.17) is 5.73 Å². The van der Waals surface area contributed by atoms with Crippen molar-refractivity contribution in [2.75, 3.05) is 0 Å². The first-order chi connectivity index (χ1) is 5.86. The molecule has 0 aromatic carbocycles. The fraction of sp³-hybridized carbons (Fsp3) is 1.00. The second kappa shape index (κ2) is 2.47. The number of hydrogen-bond donors (Lipinski definition) is 1. The van der Waals surface area contributed by atoms with Gasteiger partial charge in [-0.1, -0.05) is 19.3 Å². The molecule has 4 atom stereocenters. The Hall–Kier alpha value is -0.0400. The largest absolute Gasteiger partial charge is 0.327 e. The van der Waals surface area contributed by atoms with Gasteiger partial charge < -0.3 is 5.73 Å². The zero-order valence-corrected chi connectivity index (χ0v) is 7.71. The predicted molar refractivity (Wildman–Crippen MR) is 49.6 cm³/mol. The number of fused-ring (bicyclic) bond motifs is 2. The van der Waals surface area contributed by atoms with Crippen LogP contribution in [0.25, 0.3) is 0 Å². The summed E-state index contributed by atoms with van der Waals surface area (Å²) in [6.45, 7) is 0. The average molecular weight is 165 g/mol. The van der Waals surface area contributed by atoms with Crippen LogP contribution in [0.4, 0.5) is 0 Å². The monoisotopic (exact) mass is 165 g/mol. The molecule has 3 aliphatic carbocycles. The lowest BCUT2D eigenvalue weighted by Gasteiger charge is -2.39. The molecule has 0 saturated heterocycles. The molecule has 3 saturated carbocycles. The fourth-order valence-corrected chi connectivity index (χ4v) is 3.90. The molecule has 0 aromatic rings. The first-order valence-electron chi connectivity index (χ1n) is 5.62. The predicted octanol–water partition coefficient (Wildman–Crippen LogP) is 2.16. The Morgan fingerprint density at radius 2 is 1.58 bits per heavy atom. The van der Waals surface area contributed by atoms with E-state index in [-0.39, 0.29) is 0 Å². The number of nitrogens with two attached hydrogens (primary N) is 1. The van der Waals surface area contributed by atoms with Crippen LogP contribution in [-0.4, -0.2) is 6.04 Å². The number of hydrogen-bond acceptors (Lipinski definition) is 1. The first-order valence-corrected chi connectivity index (χ1v) is 5.62. The fourth-order valence-electron chi connectivity index (χ4n) is 3.90. The van der Waals surface area contributed by atoms with Crippen LogP contribution in [0.2, 0.25) is 0 Å². The highest BCUT2D eigenvalue weighted by atomic mass is 14.7. The maximum Gasteiger partial charge on any atom is 0.0101 e. The van der Waals surface area contributed by atoms with Crippen molar-refractivity contribution in [2.24, 2.45) is 29.4 Å². The molecule has 68 valence electrons. The van der Waals surface area contributed by atoms with Crippen molar-refractivity contribution in [3.8, 4) is 0 Å². The molecule has 0 radical (unpaired) electrons. The van der Waals surface area contributed by atoms with E-state index in [2.05, 4.69) is 0 Å². The van der Waals surface area contributed by atoms with E-state index >= 15 is 0 Å². The molecule has 1 heteroatoms. The van der Waals surface area contributed by atoms with Crippen LogP contribution in [0.1, 0.15) is 38.5 Å². The Morgan fingerprint density at radius 3 is 2.08 bits per heavy atom. The summed E-state index contributed by atoms with van der Waals surface area (Å²) in [5, 5.41) is 0. The van der Waals surface area contributed by atoms with Crippen LogP contribution in [0.5, 0.6) is 0 Å². The molecular weight excluding hydrogens is 146 g/mol. The molecule has 12 heavy (non-hydrogen) atoms. The summed E-state index contributed by atoms with van der Waals surface area (Å²) < 4.78 is 0. The normalized spacial score (nSPS) is 52.8. The van der Waals surface area contributed by atoms with Crippen LogP contribution in [-0.2, 0) is 0 Å². The summed E-state index contributed by atoms with van der Waals surface area (Å²) in [7, 11) is 0. The van der Waals surface area contributed by atoms with Gasteiger partial charge in [0.05, 0.1) is 0 Å². The highest BCUT2D eigenvalue weighted by molar-refractivity contribution is 5.02. The van der Waals surface area contributed by atoms with E-state index in [9.17, 15) is 0 Å². The Morgan fingerprint density at radius 1 is 0.833 bits per heavy atom. The maximum atomic E-state index is 6.27. The van der Waals surface area contributed by atoms with Gasteiger partial charge >= 0.3 is 0 Å². The van der Waals surface area contributed by atoms with Gasteiger partial charge in [-0.3, -0.25) is 0 Å². The lowest BCUT2D eigenvalue weighted by atomic mass is 9.68. The Balaban J connectivity index is 1.77. The molecule has 0 heterocycles. The lowest BCUT2D eigenvalue weighted by Crippen LogP contribution is -2.41. The first kappa shape index (κ1) is 7.37. The van der Waals surface area contributed by atoms with Crippen LogP contribution in [0.3, 0.4) is 0 Å². The van der Waals surface area contributed by atoms with E-state index < -0.39 is 0 Å². The minimum absolute atomic E-state index is 0.592. The van der Waals surface area contributed by atoms with E-state index in [0.717, 1.165) is 23.7 Å². The molecule has 0 spiro atoms. The van der Waals surface area contributed by atoms with Crippen molar-refractivity contribution in [1.82, 2.24) is 0 Å². The minimum Gasteiger partial charge on any atom is -0.327 e. The van der Waals surface area contributed by atoms with Crippen LogP contribution in [0.15, 0.2) is 0 Å². The summed E-state index contributed by atoms with van der Waals surface area (Å²) >= 11 is 0. The summed E-state index contributed by atoms with van der Waals surface area (Å²) in [6.07, 6.45) is 8.87. The van der Waals surface area contributed by atoms with E-state index in [0.29, 0.717) is 6.04 Å². The van der Waals surface area contributed by atoms with E-state index in [1.54, 1.807) is 0 Å². The third kappa shape index (κ3) is 0.834. The average Bonchev–Trinajstić information content (AvgIpc) is 2.50. The Bertz CT molecular complexity index is 183. The molecule has 2 bridgehead atoms.